The molecule has 1 aliphatic rings. The van der Waals surface area contributed by atoms with Crippen molar-refractivity contribution in [2.24, 2.45) is 5.14 Å². The second kappa shape index (κ2) is 6.21. The number of nitrogen functional groups attached to an aromatic ring is 1. The van der Waals surface area contributed by atoms with Gasteiger partial charge in [-0.25, -0.2) is 13.6 Å². The molecule has 0 radical (unpaired) electrons. The molecule has 0 aromatic heterocycles. The van der Waals surface area contributed by atoms with E-state index < -0.39 is 10.0 Å². The molecule has 1 heterocycles. The molecule has 1 atom stereocenters. The van der Waals surface area contributed by atoms with Gasteiger partial charge in [0, 0.05) is 30.5 Å². The Labute approximate surface area is 126 Å². The number of nitrogens with two attached hydrogens (primary N) is 2. The molecule has 1 aromatic rings. The maximum absolute atomic E-state index is 11.6. The summed E-state index contributed by atoms with van der Waals surface area (Å²) in [5.41, 5.74) is 7.11. The number of hydrogen-bond donors (Lipinski definition) is 2. The lowest BCUT2D eigenvalue weighted by atomic mass is 10.1. The van der Waals surface area contributed by atoms with Gasteiger partial charge < -0.3 is 15.5 Å². The molecule has 0 aliphatic carbocycles. The highest BCUT2D eigenvalue weighted by atomic mass is 32.2. The third-order valence-electron chi connectivity index (χ3n) is 3.95. The van der Waals surface area contributed by atoms with Crippen LogP contribution in [-0.2, 0) is 10.0 Å². The molecular weight excluding hydrogens is 288 g/mol. The van der Waals surface area contributed by atoms with Crippen molar-refractivity contribution in [3.8, 4) is 0 Å². The van der Waals surface area contributed by atoms with Crippen molar-refractivity contribution in [2.75, 3.05) is 37.3 Å². The van der Waals surface area contributed by atoms with Crippen molar-refractivity contribution in [1.82, 2.24) is 4.90 Å². The van der Waals surface area contributed by atoms with Gasteiger partial charge in [-0.15, -0.1) is 0 Å². The van der Waals surface area contributed by atoms with Gasteiger partial charge in [-0.05, 0) is 44.6 Å². The maximum Gasteiger partial charge on any atom is 0.238 e. The maximum atomic E-state index is 11.6. The van der Waals surface area contributed by atoms with Crippen LogP contribution in [0.5, 0.6) is 0 Å². The lowest BCUT2D eigenvalue weighted by Crippen LogP contribution is -2.40. The van der Waals surface area contributed by atoms with E-state index in [2.05, 4.69) is 23.8 Å². The van der Waals surface area contributed by atoms with Crippen molar-refractivity contribution in [1.29, 1.82) is 0 Å². The molecule has 0 amide bonds. The van der Waals surface area contributed by atoms with Crippen molar-refractivity contribution >= 4 is 21.4 Å². The van der Waals surface area contributed by atoms with Gasteiger partial charge in [0.15, 0.2) is 0 Å². The van der Waals surface area contributed by atoms with E-state index in [1.54, 1.807) is 6.07 Å². The predicted molar refractivity (Wildman–Crippen MR) is 85.8 cm³/mol. The Kier molecular flexibility index (Phi) is 4.75. The van der Waals surface area contributed by atoms with Gasteiger partial charge in [0.05, 0.1) is 4.90 Å². The molecule has 1 aliphatic heterocycles. The van der Waals surface area contributed by atoms with E-state index >= 15 is 0 Å². The molecule has 0 spiro atoms. The fourth-order valence-corrected chi connectivity index (χ4v) is 3.45. The zero-order chi connectivity index (χ0) is 15.6. The van der Waals surface area contributed by atoms with E-state index in [1.807, 2.05) is 6.07 Å². The first-order valence-corrected chi connectivity index (χ1v) is 8.74. The number of nitrogens with zero attached hydrogens (tertiary/aromatic N) is 2. The van der Waals surface area contributed by atoms with Gasteiger partial charge in [-0.1, -0.05) is 6.92 Å². The molecule has 21 heavy (non-hydrogen) atoms. The van der Waals surface area contributed by atoms with E-state index in [0.29, 0.717) is 11.7 Å². The van der Waals surface area contributed by atoms with Crippen LogP contribution in [0.4, 0.5) is 11.4 Å². The molecule has 0 saturated carbocycles. The average molecular weight is 312 g/mol. The van der Waals surface area contributed by atoms with Gasteiger partial charge in [-0.3, -0.25) is 0 Å². The topological polar surface area (TPSA) is 92.7 Å². The molecule has 118 valence electrons. The zero-order valence-electron chi connectivity index (χ0n) is 12.6. The third-order valence-corrected chi connectivity index (χ3v) is 4.84. The predicted octanol–water partition coefficient (Wildman–Crippen LogP) is 0.837. The minimum atomic E-state index is -3.75. The number of anilines is 2. The second-order valence-electron chi connectivity index (χ2n) is 5.68. The van der Waals surface area contributed by atoms with Crippen molar-refractivity contribution in [2.45, 2.75) is 30.7 Å². The van der Waals surface area contributed by atoms with Gasteiger partial charge in [0.1, 0.15) is 0 Å². The van der Waals surface area contributed by atoms with Crippen molar-refractivity contribution in [3.05, 3.63) is 18.2 Å². The van der Waals surface area contributed by atoms with Gasteiger partial charge in [0.25, 0.3) is 0 Å². The van der Waals surface area contributed by atoms with Gasteiger partial charge in [0.2, 0.25) is 10.0 Å². The number of rotatable bonds is 3. The van der Waals surface area contributed by atoms with E-state index in [0.717, 1.165) is 38.2 Å². The molecule has 0 bridgehead atoms. The SMILES string of the molecule is CCC1CN(C)CCCN1c1cc(N)cc(S(N)(=O)=O)c1. The highest BCUT2D eigenvalue weighted by molar-refractivity contribution is 7.89. The number of likely N-dealkylation sites (N-methyl/N-ethyl adjacent to an activating group) is 1. The number of primary sulfonamides is 1. The third kappa shape index (κ3) is 3.87. The average Bonchev–Trinajstić information content (AvgIpc) is 2.58. The van der Waals surface area contributed by atoms with Gasteiger partial charge >= 0.3 is 0 Å². The fourth-order valence-electron chi connectivity index (χ4n) is 2.87. The summed E-state index contributed by atoms with van der Waals surface area (Å²) in [6.07, 6.45) is 2.02. The second-order valence-corrected chi connectivity index (χ2v) is 7.24. The summed E-state index contributed by atoms with van der Waals surface area (Å²) in [5, 5.41) is 5.23. The smallest absolute Gasteiger partial charge is 0.238 e. The van der Waals surface area contributed by atoms with Crippen LogP contribution in [-0.4, -0.2) is 46.0 Å². The summed E-state index contributed by atoms with van der Waals surface area (Å²) in [4.78, 5) is 4.63. The standard InChI is InChI=1S/C14H24N4O2S/c1-3-12-10-17(2)5-4-6-18(12)13-7-11(15)8-14(9-13)21(16,19)20/h7-9,12H,3-6,10,15H2,1-2H3,(H2,16,19,20). The molecule has 1 saturated heterocycles. The molecule has 1 fully saturated rings. The van der Waals surface area contributed by atoms with E-state index in [1.165, 1.54) is 6.07 Å². The van der Waals surface area contributed by atoms with E-state index in [4.69, 9.17) is 10.9 Å². The minimum Gasteiger partial charge on any atom is -0.399 e. The molecular formula is C14H24N4O2S. The number of hydrogen-bond acceptors (Lipinski definition) is 5. The van der Waals surface area contributed by atoms with Gasteiger partial charge in [-0.2, -0.15) is 0 Å². The van der Waals surface area contributed by atoms with Crippen LogP contribution >= 0.6 is 0 Å². The summed E-state index contributed by atoms with van der Waals surface area (Å²) >= 11 is 0. The Morgan fingerprint density at radius 1 is 1.29 bits per heavy atom. The Morgan fingerprint density at radius 3 is 2.62 bits per heavy atom. The largest absolute Gasteiger partial charge is 0.399 e. The van der Waals surface area contributed by atoms with Crippen LogP contribution in [0.1, 0.15) is 19.8 Å². The minimum absolute atomic E-state index is 0.0740. The molecule has 4 N–H and O–H groups in total. The van der Waals surface area contributed by atoms with Crippen molar-refractivity contribution in [3.63, 3.8) is 0 Å². The Morgan fingerprint density at radius 2 is 2.00 bits per heavy atom. The summed E-state index contributed by atoms with van der Waals surface area (Å²) in [6.45, 7) is 5.02. The van der Waals surface area contributed by atoms with Crippen molar-refractivity contribution < 1.29 is 8.42 Å². The number of sulfonamides is 1. The van der Waals surface area contributed by atoms with Crippen LogP contribution in [0.25, 0.3) is 0 Å². The van der Waals surface area contributed by atoms with Crippen LogP contribution in [0, 0.1) is 0 Å². The Bertz CT molecular complexity index is 603. The molecule has 6 nitrogen and oxygen atoms in total. The molecule has 1 aromatic carbocycles. The quantitative estimate of drug-likeness (QED) is 0.807. The first kappa shape index (κ1) is 16.1. The van der Waals surface area contributed by atoms with Crippen LogP contribution in [0.3, 0.4) is 0 Å². The van der Waals surface area contributed by atoms with Crippen LogP contribution < -0.4 is 15.8 Å². The summed E-state index contributed by atoms with van der Waals surface area (Å²) in [6, 6.07) is 5.19. The highest BCUT2D eigenvalue weighted by Crippen LogP contribution is 2.27. The Balaban J connectivity index is 2.41. The first-order valence-electron chi connectivity index (χ1n) is 7.20. The van der Waals surface area contributed by atoms with E-state index in [-0.39, 0.29) is 4.90 Å². The van der Waals surface area contributed by atoms with Crippen LogP contribution in [0.2, 0.25) is 0 Å². The zero-order valence-corrected chi connectivity index (χ0v) is 13.4. The van der Waals surface area contributed by atoms with Crippen LogP contribution in [0.15, 0.2) is 23.1 Å². The molecule has 1 unspecified atom stereocenters. The fraction of sp³-hybridized carbons (Fsp3) is 0.571. The summed E-state index contributed by atoms with van der Waals surface area (Å²) in [5.74, 6) is 0. The lowest BCUT2D eigenvalue weighted by Gasteiger charge is -2.32. The first-order chi connectivity index (χ1) is 9.81. The lowest BCUT2D eigenvalue weighted by molar-refractivity contribution is 0.328. The number of benzene rings is 1. The van der Waals surface area contributed by atoms with E-state index in [9.17, 15) is 8.42 Å². The monoisotopic (exact) mass is 312 g/mol. The summed E-state index contributed by atoms with van der Waals surface area (Å²) < 4.78 is 23.2. The molecule has 2 rings (SSSR count). The normalized spacial score (nSPS) is 21.3. The highest BCUT2D eigenvalue weighted by Gasteiger charge is 2.23. The Hall–Kier alpha value is -1.31. The molecule has 7 heteroatoms. The summed E-state index contributed by atoms with van der Waals surface area (Å²) in [7, 11) is -1.64.